The van der Waals surface area contributed by atoms with Crippen molar-refractivity contribution in [2.24, 2.45) is 0 Å². The van der Waals surface area contributed by atoms with E-state index in [9.17, 15) is 4.79 Å². The second-order valence-electron chi connectivity index (χ2n) is 3.05. The molecule has 0 unspecified atom stereocenters. The summed E-state index contributed by atoms with van der Waals surface area (Å²) in [4.78, 5) is 10.7. The molecule has 1 aromatic rings. The van der Waals surface area contributed by atoms with Gasteiger partial charge in [-0.3, -0.25) is 0 Å². The van der Waals surface area contributed by atoms with Gasteiger partial charge >= 0.3 is 5.97 Å². The maximum Gasteiger partial charge on any atom is 0.335 e. The Bertz CT molecular complexity index is 292. The second-order valence-corrected chi connectivity index (χ2v) is 3.05. The van der Waals surface area contributed by atoms with Crippen molar-refractivity contribution in [3.8, 4) is 0 Å². The van der Waals surface area contributed by atoms with E-state index in [1.54, 1.807) is 12.1 Å². The Morgan fingerprint density at radius 3 is 2.07 bits per heavy atom. The van der Waals surface area contributed by atoms with Gasteiger partial charge in [-0.15, -0.1) is 0 Å². The maximum atomic E-state index is 10.7. The fraction of sp³-hybridized carbons (Fsp3) is 0.364. The summed E-state index contributed by atoms with van der Waals surface area (Å²) in [5, 5.41) is 15.8. The average Bonchev–Trinajstić information content (AvgIpc) is 2.20. The molecule has 0 aliphatic rings. The average molecular weight is 196 g/mol. The number of aliphatic hydroxyl groups is 1. The molecule has 2 N–H and O–H groups in total. The molecule has 0 aliphatic heterocycles. The standard InChI is InChI=1S/C10H12O2.CH4O/c1-7(2)8-5-3-4-6-9(8)10(11)12;1-2/h3-7H,1-2H3,(H,11,12);2H,1H3. The summed E-state index contributed by atoms with van der Waals surface area (Å²) < 4.78 is 0. The number of benzene rings is 1. The summed E-state index contributed by atoms with van der Waals surface area (Å²) in [6, 6.07) is 7.10. The van der Waals surface area contributed by atoms with Gasteiger partial charge in [0.15, 0.2) is 0 Å². The Kier molecular flexibility index (Phi) is 5.56. The van der Waals surface area contributed by atoms with Gasteiger partial charge in [-0.25, -0.2) is 4.79 Å². The Labute approximate surface area is 84.0 Å². The van der Waals surface area contributed by atoms with E-state index in [0.29, 0.717) is 5.56 Å². The van der Waals surface area contributed by atoms with Crippen molar-refractivity contribution < 1.29 is 15.0 Å². The molecule has 0 saturated heterocycles. The quantitative estimate of drug-likeness (QED) is 0.761. The number of carboxylic acids is 1. The molecular formula is C11H16O3. The second kappa shape index (κ2) is 6.16. The zero-order valence-corrected chi connectivity index (χ0v) is 8.69. The van der Waals surface area contributed by atoms with Crippen LogP contribution in [-0.4, -0.2) is 23.3 Å². The van der Waals surface area contributed by atoms with Gasteiger partial charge in [0.1, 0.15) is 0 Å². The molecule has 0 amide bonds. The topological polar surface area (TPSA) is 57.5 Å². The van der Waals surface area contributed by atoms with Gasteiger partial charge in [0.2, 0.25) is 0 Å². The van der Waals surface area contributed by atoms with Crippen LogP contribution in [0.5, 0.6) is 0 Å². The van der Waals surface area contributed by atoms with Crippen LogP contribution in [0.15, 0.2) is 24.3 Å². The molecule has 1 rings (SSSR count). The van der Waals surface area contributed by atoms with Crippen LogP contribution in [0.3, 0.4) is 0 Å². The molecule has 0 heterocycles. The van der Waals surface area contributed by atoms with Gasteiger partial charge in [-0.1, -0.05) is 32.0 Å². The molecule has 1 aromatic carbocycles. The summed E-state index contributed by atoms with van der Waals surface area (Å²) in [7, 11) is 1.00. The SMILES string of the molecule is CC(C)c1ccccc1C(=O)O.CO. The Morgan fingerprint density at radius 2 is 1.71 bits per heavy atom. The van der Waals surface area contributed by atoms with Crippen LogP contribution >= 0.6 is 0 Å². The van der Waals surface area contributed by atoms with Crippen molar-refractivity contribution in [1.29, 1.82) is 0 Å². The fourth-order valence-electron chi connectivity index (χ4n) is 1.20. The van der Waals surface area contributed by atoms with Crippen LogP contribution in [-0.2, 0) is 0 Å². The highest BCUT2D eigenvalue weighted by atomic mass is 16.4. The first-order valence-electron chi connectivity index (χ1n) is 4.40. The fourth-order valence-corrected chi connectivity index (χ4v) is 1.20. The van der Waals surface area contributed by atoms with Crippen LogP contribution in [0.1, 0.15) is 35.7 Å². The molecule has 0 spiro atoms. The van der Waals surface area contributed by atoms with E-state index in [-0.39, 0.29) is 5.92 Å². The summed E-state index contributed by atoms with van der Waals surface area (Å²) in [6.07, 6.45) is 0. The first kappa shape index (κ1) is 12.7. The summed E-state index contributed by atoms with van der Waals surface area (Å²) >= 11 is 0. The molecule has 0 atom stereocenters. The summed E-state index contributed by atoms with van der Waals surface area (Å²) in [5.74, 6) is -0.586. The van der Waals surface area contributed by atoms with E-state index in [1.165, 1.54) is 0 Å². The van der Waals surface area contributed by atoms with Gasteiger partial charge in [0, 0.05) is 7.11 Å². The third-order valence-corrected chi connectivity index (χ3v) is 1.81. The molecule has 3 nitrogen and oxygen atoms in total. The van der Waals surface area contributed by atoms with Crippen molar-refractivity contribution in [2.75, 3.05) is 7.11 Å². The molecule has 0 fully saturated rings. The molecule has 0 bridgehead atoms. The minimum atomic E-state index is -0.848. The lowest BCUT2D eigenvalue weighted by atomic mass is 9.97. The van der Waals surface area contributed by atoms with Crippen LogP contribution in [0.25, 0.3) is 0 Å². The van der Waals surface area contributed by atoms with E-state index in [0.717, 1.165) is 12.7 Å². The molecular weight excluding hydrogens is 180 g/mol. The van der Waals surface area contributed by atoms with Crippen LogP contribution in [0, 0.1) is 0 Å². The predicted octanol–water partition coefficient (Wildman–Crippen LogP) is 2.12. The third kappa shape index (κ3) is 3.18. The maximum absolute atomic E-state index is 10.7. The predicted molar refractivity (Wildman–Crippen MR) is 55.6 cm³/mol. The van der Waals surface area contributed by atoms with Crippen molar-refractivity contribution in [3.63, 3.8) is 0 Å². The lowest BCUT2D eigenvalue weighted by Crippen LogP contribution is -2.02. The van der Waals surface area contributed by atoms with Crippen molar-refractivity contribution in [1.82, 2.24) is 0 Å². The van der Waals surface area contributed by atoms with Crippen LogP contribution < -0.4 is 0 Å². The van der Waals surface area contributed by atoms with E-state index in [4.69, 9.17) is 10.2 Å². The zero-order chi connectivity index (χ0) is 11.1. The third-order valence-electron chi connectivity index (χ3n) is 1.81. The number of hydrogen-bond donors (Lipinski definition) is 2. The number of aromatic carboxylic acids is 1. The van der Waals surface area contributed by atoms with Gasteiger partial charge in [0.25, 0.3) is 0 Å². The Hall–Kier alpha value is -1.35. The number of rotatable bonds is 2. The minimum Gasteiger partial charge on any atom is -0.478 e. The monoisotopic (exact) mass is 196 g/mol. The van der Waals surface area contributed by atoms with E-state index in [1.807, 2.05) is 26.0 Å². The van der Waals surface area contributed by atoms with E-state index >= 15 is 0 Å². The number of carboxylic acid groups (broad SMARTS) is 1. The molecule has 3 heteroatoms. The molecule has 14 heavy (non-hydrogen) atoms. The van der Waals surface area contributed by atoms with Crippen LogP contribution in [0.2, 0.25) is 0 Å². The van der Waals surface area contributed by atoms with Crippen molar-refractivity contribution in [2.45, 2.75) is 19.8 Å². The van der Waals surface area contributed by atoms with Gasteiger partial charge in [-0.2, -0.15) is 0 Å². The largest absolute Gasteiger partial charge is 0.478 e. The zero-order valence-electron chi connectivity index (χ0n) is 8.69. The molecule has 0 aliphatic carbocycles. The molecule has 78 valence electrons. The lowest BCUT2D eigenvalue weighted by molar-refractivity contribution is 0.0695. The van der Waals surface area contributed by atoms with Crippen molar-refractivity contribution >= 4 is 5.97 Å². The smallest absolute Gasteiger partial charge is 0.335 e. The minimum absolute atomic E-state index is 0.261. The lowest BCUT2D eigenvalue weighted by Gasteiger charge is -2.07. The Balaban J connectivity index is 0.000000791. The normalized spacial score (nSPS) is 9.21. The number of hydrogen-bond acceptors (Lipinski definition) is 2. The van der Waals surface area contributed by atoms with Crippen molar-refractivity contribution in [3.05, 3.63) is 35.4 Å². The first-order chi connectivity index (χ1) is 6.63. The first-order valence-corrected chi connectivity index (χ1v) is 4.40. The highest BCUT2D eigenvalue weighted by Crippen LogP contribution is 2.18. The van der Waals surface area contributed by atoms with Crippen LogP contribution in [0.4, 0.5) is 0 Å². The van der Waals surface area contributed by atoms with Gasteiger partial charge < -0.3 is 10.2 Å². The van der Waals surface area contributed by atoms with Gasteiger partial charge in [-0.05, 0) is 17.5 Å². The molecule has 0 saturated carbocycles. The van der Waals surface area contributed by atoms with Gasteiger partial charge in [0.05, 0.1) is 5.56 Å². The number of carbonyl (C=O) groups is 1. The highest BCUT2D eigenvalue weighted by molar-refractivity contribution is 5.89. The number of aliphatic hydroxyl groups excluding tert-OH is 1. The summed E-state index contributed by atoms with van der Waals surface area (Å²) in [6.45, 7) is 3.98. The Morgan fingerprint density at radius 1 is 1.21 bits per heavy atom. The molecule has 0 aromatic heterocycles. The molecule has 0 radical (unpaired) electrons. The van der Waals surface area contributed by atoms with E-state index in [2.05, 4.69) is 0 Å². The van der Waals surface area contributed by atoms with E-state index < -0.39 is 5.97 Å². The summed E-state index contributed by atoms with van der Waals surface area (Å²) in [5.41, 5.74) is 1.30. The highest BCUT2D eigenvalue weighted by Gasteiger charge is 2.10.